The third-order valence-electron chi connectivity index (χ3n) is 5.84. The van der Waals surface area contributed by atoms with E-state index in [4.69, 9.17) is 4.74 Å². The molecule has 1 unspecified atom stereocenters. The van der Waals surface area contributed by atoms with Crippen LogP contribution in [-0.2, 0) is 19.3 Å². The summed E-state index contributed by atoms with van der Waals surface area (Å²) in [7, 11) is 0. The highest BCUT2D eigenvalue weighted by Crippen LogP contribution is 2.37. The van der Waals surface area contributed by atoms with Crippen LogP contribution in [0.5, 0.6) is 5.75 Å². The van der Waals surface area contributed by atoms with Crippen LogP contribution in [0.2, 0.25) is 0 Å². The van der Waals surface area contributed by atoms with E-state index in [-0.39, 0.29) is 23.1 Å². The van der Waals surface area contributed by atoms with Crippen LogP contribution in [0.1, 0.15) is 73.6 Å². The fourth-order valence-electron chi connectivity index (χ4n) is 4.24. The summed E-state index contributed by atoms with van der Waals surface area (Å²) in [6.45, 7) is 6.52. The number of halogens is 2. The van der Waals surface area contributed by atoms with E-state index in [0.717, 1.165) is 62.7 Å². The smallest absolute Gasteiger partial charge is 0.129 e. The maximum absolute atomic E-state index is 14.8. The zero-order valence-electron chi connectivity index (χ0n) is 17.5. The van der Waals surface area contributed by atoms with Gasteiger partial charge in [-0.1, -0.05) is 31.9 Å². The fraction of sp³-hybridized carbons (Fsp3) is 0.462. The lowest BCUT2D eigenvalue weighted by molar-refractivity contribution is 0.311. The second-order valence-corrected chi connectivity index (χ2v) is 8.08. The van der Waals surface area contributed by atoms with Crippen molar-refractivity contribution < 1.29 is 13.5 Å². The number of aryl methyl sites for hydroxylation is 2. The molecule has 3 rings (SSSR count). The molecule has 0 bridgehead atoms. The Labute approximate surface area is 173 Å². The van der Waals surface area contributed by atoms with Gasteiger partial charge in [0.25, 0.3) is 0 Å². The SMILES string of the molecule is C=CCCCOc1ccc2c(c1)CCC(c1c(F)cc(CCCCC)cc1F)C2. The van der Waals surface area contributed by atoms with Gasteiger partial charge in [0, 0.05) is 5.56 Å². The van der Waals surface area contributed by atoms with Crippen molar-refractivity contribution in [2.24, 2.45) is 0 Å². The zero-order valence-corrected chi connectivity index (χ0v) is 17.5. The standard InChI is InChI=1S/C26H32F2O/c1-3-5-7-9-19-15-24(27)26(25(28)16-19)22-11-10-21-18-23(13-12-20(21)17-22)29-14-8-6-4-2/h4,12-13,15-16,18,22H,2-3,5-11,14,17H2,1H3. The van der Waals surface area contributed by atoms with Crippen molar-refractivity contribution in [2.45, 2.75) is 70.6 Å². The van der Waals surface area contributed by atoms with Gasteiger partial charge in [0.1, 0.15) is 17.4 Å². The Balaban J connectivity index is 1.68. The quantitative estimate of drug-likeness (QED) is 0.301. The third kappa shape index (κ3) is 5.68. The number of ether oxygens (including phenoxy) is 1. The first-order valence-electron chi connectivity index (χ1n) is 11.0. The van der Waals surface area contributed by atoms with Crippen LogP contribution >= 0.6 is 0 Å². The summed E-state index contributed by atoms with van der Waals surface area (Å²) in [6.07, 6.45) is 9.96. The van der Waals surface area contributed by atoms with Crippen molar-refractivity contribution in [1.29, 1.82) is 0 Å². The molecular weight excluding hydrogens is 366 g/mol. The minimum absolute atomic E-state index is 0.105. The van der Waals surface area contributed by atoms with E-state index in [9.17, 15) is 8.78 Å². The predicted octanol–water partition coefficient (Wildman–Crippen LogP) is 7.32. The molecule has 1 atom stereocenters. The lowest BCUT2D eigenvalue weighted by atomic mass is 9.79. The molecule has 1 aliphatic rings. The molecule has 0 saturated heterocycles. The molecular formula is C26H32F2O. The summed E-state index contributed by atoms with van der Waals surface area (Å²) in [5, 5.41) is 0. The van der Waals surface area contributed by atoms with E-state index >= 15 is 0 Å². The molecule has 2 aromatic carbocycles. The molecule has 29 heavy (non-hydrogen) atoms. The van der Waals surface area contributed by atoms with Crippen LogP contribution < -0.4 is 4.74 Å². The van der Waals surface area contributed by atoms with Crippen LogP contribution in [0.25, 0.3) is 0 Å². The second kappa shape index (κ2) is 10.6. The monoisotopic (exact) mass is 398 g/mol. The van der Waals surface area contributed by atoms with Crippen LogP contribution in [0.15, 0.2) is 43.0 Å². The van der Waals surface area contributed by atoms with Gasteiger partial charge in [0.2, 0.25) is 0 Å². The second-order valence-electron chi connectivity index (χ2n) is 8.08. The van der Waals surface area contributed by atoms with E-state index in [2.05, 4.69) is 25.6 Å². The first-order valence-corrected chi connectivity index (χ1v) is 11.0. The average molecular weight is 399 g/mol. The van der Waals surface area contributed by atoms with Crippen molar-refractivity contribution in [1.82, 2.24) is 0 Å². The highest BCUT2D eigenvalue weighted by atomic mass is 19.1. The van der Waals surface area contributed by atoms with Gasteiger partial charge in [-0.3, -0.25) is 0 Å². The third-order valence-corrected chi connectivity index (χ3v) is 5.84. The molecule has 1 nitrogen and oxygen atoms in total. The number of hydrogen-bond donors (Lipinski definition) is 0. The van der Waals surface area contributed by atoms with Gasteiger partial charge in [0.15, 0.2) is 0 Å². The largest absolute Gasteiger partial charge is 0.494 e. The van der Waals surface area contributed by atoms with Gasteiger partial charge in [-0.15, -0.1) is 6.58 Å². The molecule has 0 fully saturated rings. The Hall–Kier alpha value is -2.16. The van der Waals surface area contributed by atoms with E-state index < -0.39 is 0 Å². The molecule has 0 aliphatic heterocycles. The Bertz CT molecular complexity index is 804. The first kappa shape index (κ1) is 21.5. The molecule has 0 radical (unpaired) electrons. The number of benzene rings is 2. The number of allylic oxidation sites excluding steroid dienone is 1. The van der Waals surface area contributed by atoms with E-state index in [0.29, 0.717) is 13.0 Å². The Kier molecular flexibility index (Phi) is 7.85. The minimum atomic E-state index is -0.382. The van der Waals surface area contributed by atoms with Crippen LogP contribution in [0.3, 0.4) is 0 Å². The lowest BCUT2D eigenvalue weighted by Gasteiger charge is -2.26. The summed E-state index contributed by atoms with van der Waals surface area (Å²) < 4.78 is 35.4. The Morgan fingerprint density at radius 3 is 2.59 bits per heavy atom. The molecule has 0 heterocycles. The van der Waals surface area contributed by atoms with Crippen molar-refractivity contribution in [3.8, 4) is 5.75 Å². The molecule has 0 spiro atoms. The van der Waals surface area contributed by atoms with Gasteiger partial charge in [-0.25, -0.2) is 8.78 Å². The Morgan fingerprint density at radius 2 is 1.86 bits per heavy atom. The van der Waals surface area contributed by atoms with Gasteiger partial charge in [-0.05, 0) is 91.8 Å². The van der Waals surface area contributed by atoms with Crippen molar-refractivity contribution in [3.05, 3.63) is 76.9 Å². The molecule has 0 saturated carbocycles. The van der Waals surface area contributed by atoms with Gasteiger partial charge in [0.05, 0.1) is 6.61 Å². The fourth-order valence-corrected chi connectivity index (χ4v) is 4.24. The number of unbranched alkanes of at least 4 members (excludes halogenated alkanes) is 3. The first-order chi connectivity index (χ1) is 14.1. The molecule has 1 aliphatic carbocycles. The van der Waals surface area contributed by atoms with E-state index in [1.807, 2.05) is 12.1 Å². The highest BCUT2D eigenvalue weighted by Gasteiger charge is 2.26. The zero-order chi connectivity index (χ0) is 20.6. The average Bonchev–Trinajstić information content (AvgIpc) is 2.71. The minimum Gasteiger partial charge on any atom is -0.494 e. The highest BCUT2D eigenvalue weighted by molar-refractivity contribution is 5.40. The van der Waals surface area contributed by atoms with E-state index in [1.165, 1.54) is 11.1 Å². The van der Waals surface area contributed by atoms with Crippen molar-refractivity contribution in [2.75, 3.05) is 6.61 Å². The van der Waals surface area contributed by atoms with Gasteiger partial charge >= 0.3 is 0 Å². The van der Waals surface area contributed by atoms with E-state index in [1.54, 1.807) is 12.1 Å². The summed E-state index contributed by atoms with van der Waals surface area (Å²) in [5.41, 5.74) is 3.44. The molecule has 0 aromatic heterocycles. The van der Waals surface area contributed by atoms with Crippen molar-refractivity contribution in [3.63, 3.8) is 0 Å². The molecule has 0 amide bonds. The lowest BCUT2D eigenvalue weighted by Crippen LogP contribution is -2.16. The van der Waals surface area contributed by atoms with Gasteiger partial charge < -0.3 is 4.74 Å². The molecule has 2 aromatic rings. The maximum Gasteiger partial charge on any atom is 0.129 e. The molecule has 156 valence electrons. The van der Waals surface area contributed by atoms with Crippen LogP contribution in [-0.4, -0.2) is 6.61 Å². The normalized spacial score (nSPS) is 15.8. The number of fused-ring (bicyclic) bond motifs is 1. The summed E-state index contributed by atoms with van der Waals surface area (Å²) in [4.78, 5) is 0. The maximum atomic E-state index is 14.8. The topological polar surface area (TPSA) is 9.23 Å². The summed E-state index contributed by atoms with van der Waals surface area (Å²) >= 11 is 0. The molecule has 0 N–H and O–H groups in total. The molecule has 3 heteroatoms. The Morgan fingerprint density at radius 1 is 1.07 bits per heavy atom. The van der Waals surface area contributed by atoms with Crippen LogP contribution in [0, 0.1) is 11.6 Å². The summed E-state index contributed by atoms with van der Waals surface area (Å²) in [6, 6.07) is 9.20. The van der Waals surface area contributed by atoms with Gasteiger partial charge in [-0.2, -0.15) is 0 Å². The predicted molar refractivity (Wildman–Crippen MR) is 116 cm³/mol. The van der Waals surface area contributed by atoms with Crippen LogP contribution in [0.4, 0.5) is 8.78 Å². The number of rotatable bonds is 10. The van der Waals surface area contributed by atoms with Crippen molar-refractivity contribution >= 4 is 0 Å². The summed E-state index contributed by atoms with van der Waals surface area (Å²) in [5.74, 6) is 0.00542. The number of hydrogen-bond acceptors (Lipinski definition) is 1.